The molecule has 0 amide bonds. The van der Waals surface area contributed by atoms with Gasteiger partial charge in [0.1, 0.15) is 11.6 Å². The summed E-state index contributed by atoms with van der Waals surface area (Å²) in [7, 11) is 0. The zero-order valence-corrected chi connectivity index (χ0v) is 18.4. The molecule has 0 heterocycles. The van der Waals surface area contributed by atoms with Gasteiger partial charge in [-0.15, -0.1) is 46.2 Å². The molecule has 2 aliphatic carbocycles. The van der Waals surface area contributed by atoms with E-state index in [2.05, 4.69) is 12.2 Å². The fourth-order valence-corrected chi connectivity index (χ4v) is 4.31. The molecule has 0 spiro atoms. The summed E-state index contributed by atoms with van der Waals surface area (Å²) in [5, 5.41) is 3.42. The molecular weight excluding hydrogens is 429 g/mol. The molecule has 1 saturated carbocycles. The van der Waals surface area contributed by atoms with E-state index in [1.54, 1.807) is 36.4 Å². The standard InChI is InChI=1S/C13H7F2.C7H12.C5H5.Zr/c14-10-3-1-8-5-9-2-4-11(15)7-13(9)12(8)6-10;1-2-4-6-7-5-3-1;1-2-4-5-3-1;/h1-7H;1-6H2;1-3H,4H2;/q-1;;-1;+2. The van der Waals surface area contributed by atoms with E-state index in [0.29, 0.717) is 0 Å². The molecule has 0 radical (unpaired) electrons. The van der Waals surface area contributed by atoms with Crippen LogP contribution in [0.1, 0.15) is 44.9 Å². The molecule has 0 aromatic heterocycles. The average Bonchev–Trinajstić information content (AvgIpc) is 3.31. The summed E-state index contributed by atoms with van der Waals surface area (Å²) in [5.74, 6) is -0.585. The predicted molar refractivity (Wildman–Crippen MR) is 111 cm³/mol. The molecule has 2 aliphatic rings. The molecule has 3 heteroatoms. The first-order valence-corrected chi connectivity index (χ1v) is 11.1. The van der Waals surface area contributed by atoms with Gasteiger partial charge in [-0.2, -0.15) is 6.08 Å². The molecule has 5 rings (SSSR count). The predicted octanol–water partition coefficient (Wildman–Crippen LogP) is 7.36. The van der Waals surface area contributed by atoms with Crippen molar-refractivity contribution in [3.05, 3.63) is 78.4 Å². The van der Waals surface area contributed by atoms with Crippen LogP contribution in [0.3, 0.4) is 0 Å². The third-order valence-corrected chi connectivity index (χ3v) is 6.15. The molecule has 142 valence electrons. The van der Waals surface area contributed by atoms with E-state index in [1.165, 1.54) is 62.8 Å². The van der Waals surface area contributed by atoms with Crippen molar-refractivity contribution >= 4 is 24.8 Å². The second kappa shape index (κ2) is 10.8. The van der Waals surface area contributed by atoms with Crippen molar-refractivity contribution in [3.63, 3.8) is 0 Å². The minimum absolute atomic E-state index is 0.292. The Labute approximate surface area is 180 Å². The molecule has 0 atom stereocenters. The summed E-state index contributed by atoms with van der Waals surface area (Å²) >= 11 is 1.69. The van der Waals surface area contributed by atoms with Crippen molar-refractivity contribution in [2.24, 2.45) is 0 Å². The maximum absolute atomic E-state index is 13.0. The summed E-state index contributed by atoms with van der Waals surface area (Å²) in [6.45, 7) is 0. The van der Waals surface area contributed by atoms with Crippen LogP contribution >= 0.6 is 0 Å². The number of hydrogen-bond acceptors (Lipinski definition) is 0. The Hall–Kier alpha value is -1.60. The Morgan fingerprint density at radius 3 is 1.82 bits per heavy atom. The number of fused-ring (bicyclic) bond motifs is 3. The summed E-state index contributed by atoms with van der Waals surface area (Å²) in [5.41, 5.74) is 0. The van der Waals surface area contributed by atoms with Crippen LogP contribution in [0.25, 0.3) is 21.5 Å². The topological polar surface area (TPSA) is 0 Å². The summed E-state index contributed by atoms with van der Waals surface area (Å²) in [4.78, 5) is 0. The second-order valence-corrected chi connectivity index (χ2v) is 8.87. The van der Waals surface area contributed by atoms with Crippen LogP contribution in [-0.2, 0) is 24.2 Å². The maximum atomic E-state index is 13.0. The number of allylic oxidation sites excluding steroid dienone is 4. The van der Waals surface area contributed by atoms with Crippen molar-refractivity contribution in [3.8, 4) is 0 Å². The van der Waals surface area contributed by atoms with Crippen LogP contribution in [0.4, 0.5) is 8.78 Å². The van der Waals surface area contributed by atoms with Crippen LogP contribution in [0, 0.1) is 17.7 Å². The van der Waals surface area contributed by atoms with E-state index in [4.69, 9.17) is 0 Å². The van der Waals surface area contributed by atoms with Gasteiger partial charge in [0, 0.05) is 0 Å². The first-order valence-electron chi connectivity index (χ1n) is 9.86. The van der Waals surface area contributed by atoms with Gasteiger partial charge in [0.15, 0.2) is 0 Å². The van der Waals surface area contributed by atoms with Crippen LogP contribution < -0.4 is 0 Å². The first kappa shape index (κ1) is 21.1. The molecule has 0 bridgehead atoms. The van der Waals surface area contributed by atoms with Gasteiger partial charge in [-0.05, 0) is 0 Å². The van der Waals surface area contributed by atoms with E-state index in [0.717, 1.165) is 28.0 Å². The monoisotopic (exact) mass is 452 g/mol. The molecule has 0 saturated heterocycles. The zero-order chi connectivity index (χ0) is 19.8. The fraction of sp³-hybridized carbons (Fsp3) is 0.280. The van der Waals surface area contributed by atoms with E-state index >= 15 is 0 Å². The molecule has 0 unspecified atom stereocenters. The normalized spacial score (nSPS) is 15.8. The van der Waals surface area contributed by atoms with Gasteiger partial charge in [0.25, 0.3) is 0 Å². The van der Waals surface area contributed by atoms with Gasteiger partial charge in [-0.25, -0.2) is 20.9 Å². The van der Waals surface area contributed by atoms with E-state index in [1.807, 2.05) is 21.4 Å². The van der Waals surface area contributed by atoms with Crippen LogP contribution in [0.2, 0.25) is 0 Å². The summed E-state index contributed by atoms with van der Waals surface area (Å²) in [6, 6.07) is 11.1. The molecule has 3 aromatic carbocycles. The number of benzene rings is 2. The van der Waals surface area contributed by atoms with Crippen LogP contribution in [-0.4, -0.2) is 3.21 Å². The number of rotatable bonds is 0. The van der Waals surface area contributed by atoms with Crippen molar-refractivity contribution in [1.82, 2.24) is 0 Å². The molecular formula is C25H24F2Zr. The van der Waals surface area contributed by atoms with Gasteiger partial charge in [-0.1, -0.05) is 24.3 Å². The Balaban J connectivity index is 0.000000144. The van der Waals surface area contributed by atoms with Crippen molar-refractivity contribution in [1.29, 1.82) is 0 Å². The third-order valence-electron chi connectivity index (χ3n) is 4.92. The van der Waals surface area contributed by atoms with Crippen molar-refractivity contribution in [2.45, 2.75) is 44.9 Å². The van der Waals surface area contributed by atoms with Gasteiger partial charge in [0.05, 0.1) is 0 Å². The van der Waals surface area contributed by atoms with Gasteiger partial charge < -0.3 is 0 Å². The van der Waals surface area contributed by atoms with Crippen molar-refractivity contribution < 1.29 is 33.0 Å². The van der Waals surface area contributed by atoms with Gasteiger partial charge >= 0.3 is 66.0 Å². The zero-order valence-electron chi connectivity index (χ0n) is 16.0. The molecule has 0 nitrogen and oxygen atoms in total. The molecule has 1 fully saturated rings. The van der Waals surface area contributed by atoms with E-state index in [9.17, 15) is 8.78 Å². The SMILES string of the molecule is Fc1ccc2[cH-]c3ccc(F)cc3c2c1.[C-]1=CC=CC1.[Zr+2]=[C]1CCCCCC1. The molecule has 0 N–H and O–H groups in total. The van der Waals surface area contributed by atoms with Crippen LogP contribution in [0.15, 0.2) is 60.7 Å². The number of halogens is 2. The van der Waals surface area contributed by atoms with Crippen LogP contribution in [0.5, 0.6) is 0 Å². The Kier molecular flexibility index (Phi) is 8.16. The molecule has 0 aliphatic heterocycles. The van der Waals surface area contributed by atoms with Gasteiger partial charge in [0.2, 0.25) is 0 Å². The quantitative estimate of drug-likeness (QED) is 0.246. The number of hydrogen-bond donors (Lipinski definition) is 0. The molecule has 28 heavy (non-hydrogen) atoms. The average molecular weight is 454 g/mol. The van der Waals surface area contributed by atoms with E-state index in [-0.39, 0.29) is 11.6 Å². The van der Waals surface area contributed by atoms with Gasteiger partial charge in [-0.3, -0.25) is 6.08 Å². The van der Waals surface area contributed by atoms with E-state index < -0.39 is 0 Å². The Bertz CT molecular complexity index is 918. The second-order valence-electron chi connectivity index (χ2n) is 7.13. The Morgan fingerprint density at radius 1 is 0.821 bits per heavy atom. The fourth-order valence-electron chi connectivity index (χ4n) is 3.44. The summed E-state index contributed by atoms with van der Waals surface area (Å²) < 4.78 is 27.9. The minimum atomic E-state index is -0.292. The summed E-state index contributed by atoms with van der Waals surface area (Å²) in [6.07, 6.45) is 18.8. The molecule has 3 aromatic rings. The third kappa shape index (κ3) is 6.21. The van der Waals surface area contributed by atoms with Crippen molar-refractivity contribution in [2.75, 3.05) is 0 Å². The Morgan fingerprint density at radius 2 is 1.39 bits per heavy atom. The first-order chi connectivity index (χ1) is 13.6.